The first-order valence-electron chi connectivity index (χ1n) is 7.44. The molecule has 2 aromatic rings. The molecule has 0 radical (unpaired) electrons. The zero-order valence-corrected chi connectivity index (χ0v) is 12.7. The minimum Gasteiger partial charge on any atom is -0.493 e. The summed E-state index contributed by atoms with van der Waals surface area (Å²) in [5.41, 5.74) is 2.29. The van der Waals surface area contributed by atoms with Gasteiger partial charge in [0, 0.05) is 12.0 Å². The highest BCUT2D eigenvalue weighted by atomic mass is 16.7. The molecule has 4 rings (SSSR count). The normalized spacial score (nSPS) is 21.5. The van der Waals surface area contributed by atoms with E-state index in [0.717, 1.165) is 53.4 Å². The lowest BCUT2D eigenvalue weighted by atomic mass is 9.96. The number of rotatable bonds is 2. The number of benzene rings is 2. The Morgan fingerprint density at radius 1 is 0.864 bits per heavy atom. The molecule has 4 heteroatoms. The van der Waals surface area contributed by atoms with Crippen LogP contribution in [0.2, 0.25) is 0 Å². The molecule has 0 aliphatic carbocycles. The van der Waals surface area contributed by atoms with E-state index in [-0.39, 0.29) is 0 Å². The van der Waals surface area contributed by atoms with E-state index >= 15 is 0 Å². The van der Waals surface area contributed by atoms with Gasteiger partial charge in [0.25, 0.3) is 5.79 Å². The van der Waals surface area contributed by atoms with Crippen LogP contribution >= 0.6 is 0 Å². The Morgan fingerprint density at radius 2 is 1.45 bits per heavy atom. The predicted octanol–water partition coefficient (Wildman–Crippen LogP) is 3.36. The molecule has 2 aliphatic heterocycles. The summed E-state index contributed by atoms with van der Waals surface area (Å²) in [6, 6.07) is 11.9. The van der Waals surface area contributed by atoms with Crippen molar-refractivity contribution in [3.8, 4) is 23.0 Å². The molecule has 0 saturated carbocycles. The molecule has 0 fully saturated rings. The molecule has 22 heavy (non-hydrogen) atoms. The van der Waals surface area contributed by atoms with Gasteiger partial charge in [-0.25, -0.2) is 0 Å². The average molecular weight is 298 g/mol. The number of ether oxygens (including phenoxy) is 4. The Labute approximate surface area is 129 Å². The Hall–Kier alpha value is -2.36. The summed E-state index contributed by atoms with van der Waals surface area (Å²) >= 11 is 0. The number of para-hydroxylation sites is 2. The Kier molecular flexibility index (Phi) is 2.93. The molecular weight excluding hydrogens is 280 g/mol. The van der Waals surface area contributed by atoms with E-state index < -0.39 is 5.79 Å². The van der Waals surface area contributed by atoms with Crippen molar-refractivity contribution in [2.24, 2.45) is 0 Å². The zero-order chi connectivity index (χ0) is 15.2. The molecule has 0 N–H and O–H groups in total. The molecule has 0 saturated heterocycles. The van der Waals surface area contributed by atoms with Crippen molar-refractivity contribution in [1.29, 1.82) is 0 Å². The second-order valence-corrected chi connectivity index (χ2v) is 5.69. The number of hydrogen-bond acceptors (Lipinski definition) is 4. The summed E-state index contributed by atoms with van der Waals surface area (Å²) in [7, 11) is 3.32. The third-order valence-electron chi connectivity index (χ3n) is 4.37. The van der Waals surface area contributed by atoms with E-state index in [1.165, 1.54) is 0 Å². The van der Waals surface area contributed by atoms with Crippen LogP contribution in [0.4, 0.5) is 0 Å². The van der Waals surface area contributed by atoms with Gasteiger partial charge in [0.15, 0.2) is 23.0 Å². The first-order chi connectivity index (χ1) is 10.7. The SMILES string of the molecule is COc1cccc2c1OC1(CC2)Cc2cccc(OC)c2O1. The van der Waals surface area contributed by atoms with E-state index in [2.05, 4.69) is 12.1 Å². The largest absolute Gasteiger partial charge is 0.493 e. The van der Waals surface area contributed by atoms with Gasteiger partial charge in [0.2, 0.25) is 0 Å². The van der Waals surface area contributed by atoms with E-state index in [1.807, 2.05) is 24.3 Å². The minimum atomic E-state index is -0.654. The van der Waals surface area contributed by atoms with Crippen LogP contribution in [0.15, 0.2) is 36.4 Å². The topological polar surface area (TPSA) is 36.9 Å². The summed E-state index contributed by atoms with van der Waals surface area (Å²) in [6.45, 7) is 0. The van der Waals surface area contributed by atoms with Crippen LogP contribution in [0.3, 0.4) is 0 Å². The molecule has 114 valence electrons. The lowest BCUT2D eigenvalue weighted by Gasteiger charge is -2.35. The third-order valence-corrected chi connectivity index (χ3v) is 4.37. The quantitative estimate of drug-likeness (QED) is 0.852. The Bertz CT molecular complexity index is 711. The van der Waals surface area contributed by atoms with Gasteiger partial charge < -0.3 is 18.9 Å². The molecular formula is C18H18O4. The molecule has 0 bridgehead atoms. The van der Waals surface area contributed by atoms with Crippen LogP contribution in [0.5, 0.6) is 23.0 Å². The van der Waals surface area contributed by atoms with E-state index in [9.17, 15) is 0 Å². The maximum atomic E-state index is 6.28. The smallest absolute Gasteiger partial charge is 0.256 e. The Balaban J connectivity index is 1.71. The van der Waals surface area contributed by atoms with Crippen molar-refractivity contribution in [3.05, 3.63) is 47.5 Å². The fourth-order valence-electron chi connectivity index (χ4n) is 3.28. The molecule has 2 heterocycles. The van der Waals surface area contributed by atoms with Crippen LogP contribution in [0.1, 0.15) is 17.5 Å². The summed E-state index contributed by atoms with van der Waals surface area (Å²) in [6.07, 6.45) is 2.44. The molecule has 0 aromatic heterocycles. The molecule has 2 aromatic carbocycles. The van der Waals surface area contributed by atoms with Gasteiger partial charge in [-0.05, 0) is 24.1 Å². The van der Waals surface area contributed by atoms with Gasteiger partial charge in [-0.3, -0.25) is 0 Å². The second kappa shape index (κ2) is 4.83. The summed E-state index contributed by atoms with van der Waals surface area (Å²) in [5, 5.41) is 0. The van der Waals surface area contributed by atoms with Crippen molar-refractivity contribution in [2.75, 3.05) is 14.2 Å². The van der Waals surface area contributed by atoms with Gasteiger partial charge in [-0.2, -0.15) is 0 Å². The molecule has 1 spiro atoms. The maximum absolute atomic E-state index is 6.28. The monoisotopic (exact) mass is 298 g/mol. The predicted molar refractivity (Wildman–Crippen MR) is 82.0 cm³/mol. The molecule has 1 unspecified atom stereocenters. The lowest BCUT2D eigenvalue weighted by molar-refractivity contribution is -0.112. The van der Waals surface area contributed by atoms with Gasteiger partial charge in [0.1, 0.15) is 0 Å². The summed E-state index contributed by atoms with van der Waals surface area (Å²) < 4.78 is 23.3. The minimum absolute atomic E-state index is 0.654. The number of aryl methyl sites for hydroxylation is 1. The van der Waals surface area contributed by atoms with Crippen molar-refractivity contribution in [1.82, 2.24) is 0 Å². The van der Waals surface area contributed by atoms with E-state index in [0.29, 0.717) is 0 Å². The summed E-state index contributed by atoms with van der Waals surface area (Å²) in [4.78, 5) is 0. The van der Waals surface area contributed by atoms with Gasteiger partial charge in [-0.15, -0.1) is 0 Å². The molecule has 0 amide bonds. The van der Waals surface area contributed by atoms with Gasteiger partial charge >= 0.3 is 0 Å². The average Bonchev–Trinajstić information content (AvgIpc) is 2.91. The van der Waals surface area contributed by atoms with Crippen molar-refractivity contribution < 1.29 is 18.9 Å². The van der Waals surface area contributed by atoms with Crippen LogP contribution < -0.4 is 18.9 Å². The fourth-order valence-corrected chi connectivity index (χ4v) is 3.28. The highest BCUT2D eigenvalue weighted by Crippen LogP contribution is 2.48. The molecule has 4 nitrogen and oxygen atoms in total. The van der Waals surface area contributed by atoms with Crippen molar-refractivity contribution in [2.45, 2.75) is 25.0 Å². The van der Waals surface area contributed by atoms with Crippen LogP contribution in [-0.2, 0) is 12.8 Å². The fraction of sp³-hybridized carbons (Fsp3) is 0.333. The third kappa shape index (κ3) is 1.90. The highest BCUT2D eigenvalue weighted by Gasteiger charge is 2.46. The lowest BCUT2D eigenvalue weighted by Crippen LogP contribution is -2.44. The van der Waals surface area contributed by atoms with Crippen LogP contribution in [-0.4, -0.2) is 20.0 Å². The van der Waals surface area contributed by atoms with E-state index in [4.69, 9.17) is 18.9 Å². The molecule has 2 aliphatic rings. The Morgan fingerprint density at radius 3 is 2.09 bits per heavy atom. The first-order valence-corrected chi connectivity index (χ1v) is 7.44. The van der Waals surface area contributed by atoms with E-state index in [1.54, 1.807) is 14.2 Å². The number of methoxy groups -OCH3 is 2. The standard InChI is InChI=1S/C18H18O4/c1-19-14-7-3-5-12-9-10-18(21-16(12)14)11-13-6-4-8-15(20-2)17(13)22-18/h3-8H,9-11H2,1-2H3. The molecule has 1 atom stereocenters. The zero-order valence-electron chi connectivity index (χ0n) is 12.7. The van der Waals surface area contributed by atoms with Gasteiger partial charge in [-0.1, -0.05) is 24.3 Å². The maximum Gasteiger partial charge on any atom is 0.256 e. The highest BCUT2D eigenvalue weighted by molar-refractivity contribution is 5.52. The second-order valence-electron chi connectivity index (χ2n) is 5.69. The van der Waals surface area contributed by atoms with Crippen LogP contribution in [0, 0.1) is 0 Å². The van der Waals surface area contributed by atoms with Gasteiger partial charge in [0.05, 0.1) is 20.6 Å². The van der Waals surface area contributed by atoms with Crippen LogP contribution in [0.25, 0.3) is 0 Å². The van der Waals surface area contributed by atoms with Crippen molar-refractivity contribution >= 4 is 0 Å². The number of hydrogen-bond donors (Lipinski definition) is 0. The summed E-state index contributed by atoms with van der Waals surface area (Å²) in [5.74, 6) is 2.44. The number of fused-ring (bicyclic) bond motifs is 2. The first kappa shape index (κ1) is 13.3. The van der Waals surface area contributed by atoms with Crippen molar-refractivity contribution in [3.63, 3.8) is 0 Å².